The summed E-state index contributed by atoms with van der Waals surface area (Å²) in [6, 6.07) is 15.2. The number of carbonyl (C=O) groups excluding carboxylic acids is 2. The predicted octanol–water partition coefficient (Wildman–Crippen LogP) is 3.92. The zero-order valence-corrected chi connectivity index (χ0v) is 16.3. The Morgan fingerprint density at radius 2 is 1.79 bits per heavy atom. The molecule has 0 radical (unpaired) electrons. The van der Waals surface area contributed by atoms with E-state index in [1.54, 1.807) is 55.5 Å². The van der Waals surface area contributed by atoms with Gasteiger partial charge in [-0.15, -0.1) is 0 Å². The van der Waals surface area contributed by atoms with Crippen LogP contribution in [0.15, 0.2) is 48.5 Å². The first-order chi connectivity index (χ1) is 14.0. The van der Waals surface area contributed by atoms with Gasteiger partial charge in [0.25, 0.3) is 0 Å². The Morgan fingerprint density at radius 1 is 1.10 bits per heavy atom. The lowest BCUT2D eigenvalue weighted by Gasteiger charge is -2.17. The largest absolute Gasteiger partial charge is 0.456 e. The fraction of sp³-hybridized carbons (Fsp3) is 0.318. The highest BCUT2D eigenvalue weighted by atomic mass is 16.5. The summed E-state index contributed by atoms with van der Waals surface area (Å²) in [6.45, 7) is 1.69. The highest BCUT2D eigenvalue weighted by Crippen LogP contribution is 2.26. The van der Waals surface area contributed by atoms with E-state index in [2.05, 4.69) is 22.0 Å². The fourth-order valence-electron chi connectivity index (χ4n) is 3.22. The number of rotatable bonds is 6. The van der Waals surface area contributed by atoms with Crippen LogP contribution in [-0.4, -0.2) is 24.0 Å². The van der Waals surface area contributed by atoms with Gasteiger partial charge in [-0.2, -0.15) is 5.26 Å². The lowest BCUT2D eigenvalue weighted by molar-refractivity contribution is -0.120. The number of urea groups is 1. The number of nitrogens with zero attached hydrogens (tertiary/aromatic N) is 1. The smallest absolute Gasteiger partial charge is 0.321 e. The maximum absolute atomic E-state index is 12.2. The van der Waals surface area contributed by atoms with Gasteiger partial charge < -0.3 is 15.4 Å². The van der Waals surface area contributed by atoms with E-state index >= 15 is 0 Å². The van der Waals surface area contributed by atoms with E-state index in [9.17, 15) is 9.59 Å². The van der Waals surface area contributed by atoms with Crippen LogP contribution in [0.5, 0.6) is 11.5 Å². The fourth-order valence-corrected chi connectivity index (χ4v) is 3.22. The molecular formula is C22H24N4O3. The van der Waals surface area contributed by atoms with Gasteiger partial charge in [0.1, 0.15) is 23.6 Å². The minimum Gasteiger partial charge on any atom is -0.456 e. The highest BCUT2D eigenvalue weighted by Gasteiger charge is 2.20. The molecule has 0 saturated heterocycles. The van der Waals surface area contributed by atoms with Crippen LogP contribution in [0.1, 0.15) is 38.2 Å². The molecule has 29 heavy (non-hydrogen) atoms. The maximum Gasteiger partial charge on any atom is 0.321 e. The number of hydrogen-bond donors (Lipinski definition) is 3. The number of anilines is 1. The molecule has 150 valence electrons. The summed E-state index contributed by atoms with van der Waals surface area (Å²) in [4.78, 5) is 24.1. The molecule has 1 aliphatic rings. The molecule has 1 fully saturated rings. The predicted molar refractivity (Wildman–Crippen MR) is 110 cm³/mol. The number of imide groups is 1. The van der Waals surface area contributed by atoms with Crippen LogP contribution in [0.4, 0.5) is 10.5 Å². The van der Waals surface area contributed by atoms with Crippen molar-refractivity contribution in [1.82, 2.24) is 10.6 Å². The number of nitriles is 1. The average Bonchev–Trinajstić information content (AvgIpc) is 3.22. The molecule has 0 aromatic heterocycles. The number of ether oxygens (including phenoxy) is 1. The number of amides is 3. The van der Waals surface area contributed by atoms with Crippen molar-refractivity contribution in [3.8, 4) is 17.6 Å². The molecule has 3 N–H and O–H groups in total. The average molecular weight is 392 g/mol. The van der Waals surface area contributed by atoms with E-state index in [4.69, 9.17) is 10.00 Å². The first kappa shape index (κ1) is 20.2. The molecule has 3 amide bonds. The first-order valence-electron chi connectivity index (χ1n) is 9.70. The Labute approximate surface area is 170 Å². The Bertz CT molecular complexity index is 899. The van der Waals surface area contributed by atoms with E-state index in [-0.39, 0.29) is 6.04 Å². The van der Waals surface area contributed by atoms with E-state index in [0.717, 1.165) is 25.7 Å². The van der Waals surface area contributed by atoms with Crippen LogP contribution in [0.3, 0.4) is 0 Å². The van der Waals surface area contributed by atoms with Gasteiger partial charge in [-0.25, -0.2) is 4.79 Å². The molecule has 1 aliphatic carbocycles. The van der Waals surface area contributed by atoms with Crippen LogP contribution >= 0.6 is 0 Å². The van der Waals surface area contributed by atoms with Crippen LogP contribution < -0.4 is 20.7 Å². The van der Waals surface area contributed by atoms with Gasteiger partial charge in [-0.1, -0.05) is 25.0 Å². The van der Waals surface area contributed by atoms with Gasteiger partial charge in [0.15, 0.2) is 0 Å². The third-order valence-corrected chi connectivity index (χ3v) is 4.79. The van der Waals surface area contributed by atoms with Gasteiger partial charge in [0.05, 0.1) is 5.56 Å². The second-order valence-corrected chi connectivity index (χ2v) is 7.04. The van der Waals surface area contributed by atoms with Crippen LogP contribution in [-0.2, 0) is 4.79 Å². The van der Waals surface area contributed by atoms with Crippen molar-refractivity contribution in [3.63, 3.8) is 0 Å². The summed E-state index contributed by atoms with van der Waals surface area (Å²) in [5.41, 5.74) is 1.17. The molecule has 2 aromatic rings. The van der Waals surface area contributed by atoms with Crippen molar-refractivity contribution in [1.29, 1.82) is 5.26 Å². The van der Waals surface area contributed by atoms with Crippen molar-refractivity contribution >= 4 is 17.6 Å². The van der Waals surface area contributed by atoms with Gasteiger partial charge in [-0.3, -0.25) is 10.1 Å². The van der Waals surface area contributed by atoms with E-state index < -0.39 is 18.0 Å². The third-order valence-electron chi connectivity index (χ3n) is 4.79. The summed E-state index contributed by atoms with van der Waals surface area (Å²) in [5.74, 6) is 0.659. The lowest BCUT2D eigenvalue weighted by atomic mass is 10.2. The minimum atomic E-state index is -0.588. The molecule has 1 atom stereocenters. The SMILES string of the molecule is CC(Nc1ccc(Oc2ccccc2C#N)cc1)C(=O)NC(=O)NC1CCCC1. The molecule has 7 heteroatoms. The monoisotopic (exact) mass is 392 g/mol. The zero-order valence-electron chi connectivity index (χ0n) is 16.3. The van der Waals surface area contributed by atoms with E-state index in [0.29, 0.717) is 22.7 Å². The Morgan fingerprint density at radius 3 is 2.48 bits per heavy atom. The molecule has 7 nitrogen and oxygen atoms in total. The van der Waals surface area contributed by atoms with Gasteiger partial charge in [0.2, 0.25) is 5.91 Å². The molecular weight excluding hydrogens is 368 g/mol. The third kappa shape index (κ3) is 5.72. The summed E-state index contributed by atoms with van der Waals surface area (Å²) in [7, 11) is 0. The molecule has 0 aliphatic heterocycles. The number of benzene rings is 2. The van der Waals surface area contributed by atoms with Gasteiger partial charge in [-0.05, 0) is 56.2 Å². The normalized spacial score (nSPS) is 14.5. The van der Waals surface area contributed by atoms with Crippen LogP contribution in [0.25, 0.3) is 0 Å². The molecule has 1 saturated carbocycles. The topological polar surface area (TPSA) is 103 Å². The zero-order chi connectivity index (χ0) is 20.6. The van der Waals surface area contributed by atoms with Gasteiger partial charge in [0, 0.05) is 11.7 Å². The molecule has 1 unspecified atom stereocenters. The molecule has 0 spiro atoms. The Kier molecular flexibility index (Phi) is 6.69. The van der Waals surface area contributed by atoms with E-state index in [1.807, 2.05) is 0 Å². The second kappa shape index (κ2) is 9.60. The summed E-state index contributed by atoms with van der Waals surface area (Å²) in [6.07, 6.45) is 4.14. The molecule has 3 rings (SSSR count). The number of carbonyl (C=O) groups is 2. The van der Waals surface area contributed by atoms with Crippen molar-refractivity contribution < 1.29 is 14.3 Å². The summed E-state index contributed by atoms with van der Waals surface area (Å²) < 4.78 is 5.74. The number of para-hydroxylation sites is 1. The van der Waals surface area contributed by atoms with Crippen molar-refractivity contribution in [2.45, 2.75) is 44.7 Å². The maximum atomic E-state index is 12.2. The summed E-state index contributed by atoms with van der Waals surface area (Å²) >= 11 is 0. The van der Waals surface area contributed by atoms with Crippen molar-refractivity contribution in [2.24, 2.45) is 0 Å². The number of nitrogens with one attached hydrogen (secondary N) is 3. The minimum absolute atomic E-state index is 0.157. The van der Waals surface area contributed by atoms with E-state index in [1.165, 1.54) is 0 Å². The first-order valence-corrected chi connectivity index (χ1v) is 9.70. The number of hydrogen-bond acceptors (Lipinski definition) is 5. The quantitative estimate of drug-likeness (QED) is 0.691. The summed E-state index contributed by atoms with van der Waals surface area (Å²) in [5, 5.41) is 17.4. The highest BCUT2D eigenvalue weighted by molar-refractivity contribution is 5.98. The van der Waals surface area contributed by atoms with Crippen molar-refractivity contribution in [2.75, 3.05) is 5.32 Å². The second-order valence-electron chi connectivity index (χ2n) is 7.04. The lowest BCUT2D eigenvalue weighted by Crippen LogP contribution is -2.48. The van der Waals surface area contributed by atoms with Crippen LogP contribution in [0.2, 0.25) is 0 Å². The Balaban J connectivity index is 1.51. The Hall–Kier alpha value is -3.53. The van der Waals surface area contributed by atoms with Gasteiger partial charge >= 0.3 is 6.03 Å². The van der Waals surface area contributed by atoms with Crippen molar-refractivity contribution in [3.05, 3.63) is 54.1 Å². The molecule has 0 heterocycles. The molecule has 0 bridgehead atoms. The van der Waals surface area contributed by atoms with Crippen LogP contribution in [0, 0.1) is 11.3 Å². The standard InChI is InChI=1S/C22H24N4O3/c1-15(21(27)26-22(28)25-17-7-3-4-8-17)24-18-10-12-19(13-11-18)29-20-9-5-2-6-16(20)14-23/h2,5-6,9-13,15,17,24H,3-4,7-8H2,1H3,(H2,25,26,27,28). The molecule has 2 aromatic carbocycles.